The quantitative estimate of drug-likeness (QED) is 0.489. The maximum atomic E-state index is 4.76. The minimum absolute atomic E-state index is 0.865. The highest BCUT2D eigenvalue weighted by Gasteiger charge is 2.09. The minimum atomic E-state index is 0.865. The summed E-state index contributed by atoms with van der Waals surface area (Å²) in [5, 5.41) is 0. The third-order valence-electron chi connectivity index (χ3n) is 3.96. The molecule has 1 aromatic heterocycles. The van der Waals surface area contributed by atoms with Crippen molar-refractivity contribution in [2.45, 2.75) is 41.0 Å². The number of allylic oxidation sites excluding steroid dienone is 3. The van der Waals surface area contributed by atoms with Crippen LogP contribution in [0.5, 0.6) is 0 Å². The Bertz CT molecular complexity index is 777. The summed E-state index contributed by atoms with van der Waals surface area (Å²) in [4.78, 5) is 9.27. The average molecular weight is 318 g/mol. The van der Waals surface area contributed by atoms with Crippen LogP contribution in [0.3, 0.4) is 0 Å². The number of benzene rings is 1. The Hall–Kier alpha value is -2.48. The third-order valence-corrected chi connectivity index (χ3v) is 3.96. The van der Waals surface area contributed by atoms with Gasteiger partial charge in [0.2, 0.25) is 0 Å². The molecule has 0 amide bonds. The van der Waals surface area contributed by atoms with Crippen LogP contribution in [-0.2, 0) is 6.42 Å². The summed E-state index contributed by atoms with van der Waals surface area (Å²) < 4.78 is 0. The molecule has 0 aliphatic heterocycles. The Labute approximate surface area is 145 Å². The number of nitrogens with zero attached hydrogens (tertiary/aromatic N) is 2. The fraction of sp³-hybridized carbons (Fsp3) is 0.273. The molecule has 2 nitrogen and oxygen atoms in total. The van der Waals surface area contributed by atoms with Crippen LogP contribution in [0.2, 0.25) is 0 Å². The summed E-state index contributed by atoms with van der Waals surface area (Å²) in [7, 11) is 0. The van der Waals surface area contributed by atoms with Crippen molar-refractivity contribution in [3.8, 4) is 11.3 Å². The van der Waals surface area contributed by atoms with Gasteiger partial charge in [0, 0.05) is 17.5 Å². The van der Waals surface area contributed by atoms with Gasteiger partial charge in [-0.2, -0.15) is 0 Å². The Balaban J connectivity index is 2.47. The molecule has 2 heteroatoms. The van der Waals surface area contributed by atoms with E-state index in [0.717, 1.165) is 23.5 Å². The number of rotatable bonds is 5. The molecule has 0 fully saturated rings. The molecule has 2 aromatic rings. The van der Waals surface area contributed by atoms with Crippen LogP contribution in [0.1, 0.15) is 40.2 Å². The number of hydrogen-bond acceptors (Lipinski definition) is 2. The van der Waals surface area contributed by atoms with E-state index < -0.39 is 0 Å². The first kappa shape index (κ1) is 17.9. The zero-order chi connectivity index (χ0) is 17.5. The number of hydrogen-bond donors (Lipinski definition) is 0. The first-order chi connectivity index (χ1) is 11.5. The van der Waals surface area contributed by atoms with Crippen LogP contribution in [0.4, 0.5) is 0 Å². The van der Waals surface area contributed by atoms with Crippen LogP contribution in [0.25, 0.3) is 11.3 Å². The van der Waals surface area contributed by atoms with E-state index >= 15 is 0 Å². The lowest BCUT2D eigenvalue weighted by Gasteiger charge is -2.13. The second kappa shape index (κ2) is 8.39. The number of aliphatic imine (C=N–C) groups is 1. The van der Waals surface area contributed by atoms with Crippen molar-refractivity contribution < 1.29 is 0 Å². The van der Waals surface area contributed by atoms with Gasteiger partial charge in [0.15, 0.2) is 0 Å². The topological polar surface area (TPSA) is 25.2 Å². The van der Waals surface area contributed by atoms with Crippen LogP contribution in [0, 0.1) is 0 Å². The molecule has 0 unspecified atom stereocenters. The predicted molar refractivity (Wildman–Crippen MR) is 104 cm³/mol. The second-order valence-corrected chi connectivity index (χ2v) is 6.21. The summed E-state index contributed by atoms with van der Waals surface area (Å²) in [5.41, 5.74) is 8.13. The molecule has 0 N–H and O–H groups in total. The van der Waals surface area contributed by atoms with E-state index in [4.69, 9.17) is 4.99 Å². The molecule has 0 atom stereocenters. The van der Waals surface area contributed by atoms with E-state index in [9.17, 15) is 0 Å². The van der Waals surface area contributed by atoms with Crippen LogP contribution < -0.4 is 0 Å². The highest BCUT2D eigenvalue weighted by atomic mass is 14.8. The molecule has 1 aromatic carbocycles. The van der Waals surface area contributed by atoms with Crippen molar-refractivity contribution in [2.75, 3.05) is 0 Å². The van der Waals surface area contributed by atoms with Crippen molar-refractivity contribution in [1.82, 2.24) is 4.98 Å². The molecular weight excluding hydrogens is 292 g/mol. The molecule has 124 valence electrons. The van der Waals surface area contributed by atoms with E-state index in [1.165, 1.54) is 22.3 Å². The molecule has 0 bridgehead atoms. The second-order valence-electron chi connectivity index (χ2n) is 6.21. The Morgan fingerprint density at radius 2 is 1.71 bits per heavy atom. The van der Waals surface area contributed by atoms with Crippen LogP contribution >= 0.6 is 0 Å². The van der Waals surface area contributed by atoms with Gasteiger partial charge >= 0.3 is 0 Å². The van der Waals surface area contributed by atoms with Gasteiger partial charge in [0.25, 0.3) is 0 Å². The summed E-state index contributed by atoms with van der Waals surface area (Å²) >= 11 is 0. The maximum absolute atomic E-state index is 4.76. The van der Waals surface area contributed by atoms with E-state index in [2.05, 4.69) is 62.2 Å². The lowest BCUT2D eigenvalue weighted by atomic mass is 9.96. The van der Waals surface area contributed by atoms with Gasteiger partial charge in [-0.15, -0.1) is 0 Å². The van der Waals surface area contributed by atoms with Crippen molar-refractivity contribution in [3.05, 3.63) is 77.1 Å². The lowest BCUT2D eigenvalue weighted by molar-refractivity contribution is 1.07. The summed E-state index contributed by atoms with van der Waals surface area (Å²) in [6.07, 6.45) is 4.83. The standard InChI is InChI=1S/C22H26N2/c1-6-17(4)22(24-16(2)3)18(5)15-19-11-7-8-12-20(19)21-13-9-10-14-23-21/h6-14H,15H2,1-5H3/b17-6+,22-18-. The van der Waals surface area contributed by atoms with Gasteiger partial charge in [0.1, 0.15) is 0 Å². The molecule has 0 aliphatic carbocycles. The Kier molecular flexibility index (Phi) is 6.25. The average Bonchev–Trinajstić information content (AvgIpc) is 2.60. The molecule has 0 radical (unpaired) electrons. The summed E-state index contributed by atoms with van der Waals surface area (Å²) in [5.74, 6) is 0. The maximum Gasteiger partial charge on any atom is 0.0704 e. The Morgan fingerprint density at radius 1 is 1.00 bits per heavy atom. The Morgan fingerprint density at radius 3 is 2.33 bits per heavy atom. The fourth-order valence-corrected chi connectivity index (χ4v) is 2.70. The largest absolute Gasteiger partial charge is 0.258 e. The van der Waals surface area contributed by atoms with Crippen molar-refractivity contribution in [3.63, 3.8) is 0 Å². The van der Waals surface area contributed by atoms with Crippen molar-refractivity contribution in [1.29, 1.82) is 0 Å². The molecule has 0 spiro atoms. The zero-order valence-electron chi connectivity index (χ0n) is 15.3. The van der Waals surface area contributed by atoms with Gasteiger partial charge in [-0.05, 0) is 69.9 Å². The third kappa shape index (κ3) is 4.51. The van der Waals surface area contributed by atoms with Crippen molar-refractivity contribution in [2.24, 2.45) is 4.99 Å². The highest BCUT2D eigenvalue weighted by Crippen LogP contribution is 2.26. The molecule has 0 saturated heterocycles. The first-order valence-corrected chi connectivity index (χ1v) is 8.37. The molecular formula is C22H26N2. The van der Waals surface area contributed by atoms with E-state index in [1.54, 1.807) is 0 Å². The van der Waals surface area contributed by atoms with Gasteiger partial charge in [0.05, 0.1) is 11.4 Å². The van der Waals surface area contributed by atoms with Gasteiger partial charge in [-0.1, -0.05) is 36.4 Å². The van der Waals surface area contributed by atoms with E-state index in [1.807, 2.05) is 32.2 Å². The SMILES string of the molecule is C/C=C(C)/C(N=C(C)C)=C(\C)Cc1ccccc1-c1ccccn1. The molecule has 24 heavy (non-hydrogen) atoms. The summed E-state index contributed by atoms with van der Waals surface area (Å²) in [6.45, 7) is 10.4. The number of pyridine rings is 1. The predicted octanol–water partition coefficient (Wildman–Crippen LogP) is 6.01. The highest BCUT2D eigenvalue weighted by molar-refractivity contribution is 5.80. The van der Waals surface area contributed by atoms with Gasteiger partial charge < -0.3 is 0 Å². The van der Waals surface area contributed by atoms with Gasteiger partial charge in [-0.25, -0.2) is 0 Å². The van der Waals surface area contributed by atoms with Crippen LogP contribution in [0.15, 0.2) is 76.6 Å². The first-order valence-electron chi connectivity index (χ1n) is 8.37. The van der Waals surface area contributed by atoms with Crippen LogP contribution in [-0.4, -0.2) is 10.7 Å². The molecule has 2 rings (SSSR count). The number of aromatic nitrogens is 1. The smallest absolute Gasteiger partial charge is 0.0704 e. The van der Waals surface area contributed by atoms with E-state index in [0.29, 0.717) is 0 Å². The van der Waals surface area contributed by atoms with Crippen molar-refractivity contribution >= 4 is 5.71 Å². The molecule has 0 saturated carbocycles. The van der Waals surface area contributed by atoms with E-state index in [-0.39, 0.29) is 0 Å². The monoisotopic (exact) mass is 318 g/mol. The normalized spacial score (nSPS) is 12.6. The zero-order valence-corrected chi connectivity index (χ0v) is 15.3. The lowest BCUT2D eigenvalue weighted by Crippen LogP contribution is -1.98. The fourth-order valence-electron chi connectivity index (χ4n) is 2.70. The molecule has 1 heterocycles. The minimum Gasteiger partial charge on any atom is -0.258 e. The molecule has 0 aliphatic rings. The summed E-state index contributed by atoms with van der Waals surface area (Å²) in [6, 6.07) is 14.5. The van der Waals surface area contributed by atoms with Gasteiger partial charge in [-0.3, -0.25) is 9.98 Å².